The molecule has 0 bridgehead atoms. The summed E-state index contributed by atoms with van der Waals surface area (Å²) in [5, 5.41) is 3.85. The third-order valence-electron chi connectivity index (χ3n) is 4.63. The number of amides is 1. The molecule has 9 heteroatoms. The Balaban J connectivity index is 0.00000210. The molecule has 3 N–H and O–H groups in total. The van der Waals surface area contributed by atoms with Crippen molar-refractivity contribution in [1.82, 2.24) is 19.9 Å². The number of aromatic nitrogens is 3. The molecule has 0 saturated carbocycles. The Labute approximate surface area is 206 Å². The second-order valence-corrected chi connectivity index (χ2v) is 6.30. The number of nitrogens with zero attached hydrogens (tertiary/aromatic N) is 4. The molecule has 1 aromatic carbocycles. The van der Waals surface area contributed by atoms with E-state index in [1.807, 2.05) is 29.2 Å². The summed E-state index contributed by atoms with van der Waals surface area (Å²) in [6, 6.07) is 9.82. The van der Waals surface area contributed by atoms with Gasteiger partial charge in [-0.2, -0.15) is 0 Å². The van der Waals surface area contributed by atoms with Gasteiger partial charge in [0.2, 0.25) is 5.91 Å². The first-order valence-corrected chi connectivity index (χ1v) is 8.54. The minimum absolute atomic E-state index is 0. The number of piperazine rings is 1. The van der Waals surface area contributed by atoms with Gasteiger partial charge in [0.25, 0.3) is 0 Å². The van der Waals surface area contributed by atoms with Gasteiger partial charge in [0, 0.05) is 56.1 Å². The molecule has 8 nitrogen and oxygen atoms in total. The number of carbonyl (C=O) groups excluding carboxylic acids is 1. The van der Waals surface area contributed by atoms with E-state index in [0.29, 0.717) is 17.0 Å². The molecular formula is C18H20N7ORb. The third-order valence-corrected chi connectivity index (χ3v) is 4.63. The number of hydrogen-bond donors (Lipinski definition) is 2. The van der Waals surface area contributed by atoms with Crippen LogP contribution >= 0.6 is 0 Å². The van der Waals surface area contributed by atoms with Crippen molar-refractivity contribution in [3.05, 3.63) is 42.3 Å². The zero-order valence-corrected chi connectivity index (χ0v) is 20.4. The van der Waals surface area contributed by atoms with Gasteiger partial charge in [-0.25, -0.2) is 4.98 Å². The molecule has 1 saturated heterocycles. The Morgan fingerprint density at radius 1 is 1.11 bits per heavy atom. The normalized spacial score (nSPS) is 14.1. The fourth-order valence-electron chi connectivity index (χ4n) is 3.16. The molecule has 3 aromatic rings. The van der Waals surface area contributed by atoms with Gasteiger partial charge in [-0.15, -0.1) is 0 Å². The molecule has 0 spiro atoms. The van der Waals surface area contributed by atoms with Gasteiger partial charge in [-0.05, 0) is 30.3 Å². The number of hydrogen-bond acceptors (Lipinski definition) is 5. The van der Waals surface area contributed by atoms with E-state index < -0.39 is 0 Å². The zero-order chi connectivity index (χ0) is 18.1. The first kappa shape index (κ1) is 20.3. The summed E-state index contributed by atoms with van der Waals surface area (Å²) in [5.41, 5.74) is 10.6. The molecule has 1 amide bonds. The van der Waals surface area contributed by atoms with E-state index in [1.54, 1.807) is 19.2 Å². The first-order chi connectivity index (χ1) is 12.6. The van der Waals surface area contributed by atoms with Crippen LogP contribution in [0.15, 0.2) is 36.5 Å². The Morgan fingerprint density at radius 3 is 2.48 bits per heavy atom. The molecule has 1 aliphatic rings. The van der Waals surface area contributed by atoms with Crippen molar-refractivity contribution >= 4 is 40.1 Å². The summed E-state index contributed by atoms with van der Waals surface area (Å²) in [7, 11) is 0. The van der Waals surface area contributed by atoms with Crippen LogP contribution in [0.5, 0.6) is 0 Å². The second kappa shape index (κ2) is 8.68. The van der Waals surface area contributed by atoms with Gasteiger partial charge >= 0.3 is 58.2 Å². The molecule has 0 atom stereocenters. The van der Waals surface area contributed by atoms with Crippen molar-refractivity contribution in [3.63, 3.8) is 0 Å². The summed E-state index contributed by atoms with van der Waals surface area (Å²) in [6.07, 6.45) is 1.75. The van der Waals surface area contributed by atoms with Crippen LogP contribution in [-0.2, 0) is 4.79 Å². The molecular weight excluding hydrogens is 416 g/mol. The minimum atomic E-state index is 0. The topological polar surface area (TPSA) is 101 Å². The first-order valence-electron chi connectivity index (χ1n) is 8.54. The quantitative estimate of drug-likeness (QED) is 0.606. The van der Waals surface area contributed by atoms with Crippen LogP contribution in [0.1, 0.15) is 6.92 Å². The Morgan fingerprint density at radius 2 is 1.81 bits per heavy atom. The van der Waals surface area contributed by atoms with Crippen molar-refractivity contribution in [2.75, 3.05) is 36.4 Å². The Kier molecular flexibility index (Phi) is 6.51. The van der Waals surface area contributed by atoms with Crippen molar-refractivity contribution in [1.29, 1.82) is 0 Å². The maximum atomic E-state index is 11.4. The molecule has 27 heavy (non-hydrogen) atoms. The minimum Gasteiger partial charge on any atom is -0.481 e. The van der Waals surface area contributed by atoms with E-state index in [-0.39, 0.29) is 69.9 Å². The number of carbonyl (C=O) groups is 1. The Bertz CT molecular complexity index is 933. The van der Waals surface area contributed by atoms with E-state index in [4.69, 9.17) is 5.73 Å². The maximum absolute atomic E-state index is 11.4. The smallest absolute Gasteiger partial charge is 0.481 e. The van der Waals surface area contributed by atoms with Crippen molar-refractivity contribution in [2.24, 2.45) is 0 Å². The van der Waals surface area contributed by atoms with E-state index >= 15 is 0 Å². The van der Waals surface area contributed by atoms with Gasteiger partial charge in [0.15, 0.2) is 0 Å². The fraction of sp³-hybridized carbons (Fsp3) is 0.278. The molecule has 0 radical (unpaired) electrons. The molecule has 0 aliphatic carbocycles. The number of nitrogens with one attached hydrogen (secondary N) is 3. The van der Waals surface area contributed by atoms with Gasteiger partial charge in [-0.3, -0.25) is 4.79 Å². The van der Waals surface area contributed by atoms with E-state index in [0.717, 1.165) is 37.6 Å². The molecule has 3 heterocycles. The molecule has 1 aliphatic heterocycles. The predicted molar refractivity (Wildman–Crippen MR) is 102 cm³/mol. The molecule has 0 unspecified atom stereocenters. The maximum Gasteiger partial charge on any atom is 1.00 e. The number of benzene rings is 1. The van der Waals surface area contributed by atoms with Crippen molar-refractivity contribution in [2.45, 2.75) is 6.92 Å². The van der Waals surface area contributed by atoms with Crippen molar-refractivity contribution < 1.29 is 63.0 Å². The average molecular weight is 436 g/mol. The average Bonchev–Trinajstić information content (AvgIpc) is 3.12. The monoisotopic (exact) mass is 435 g/mol. The van der Waals surface area contributed by atoms with E-state index in [9.17, 15) is 4.79 Å². The molecule has 4 rings (SSSR count). The fourth-order valence-corrected chi connectivity index (χ4v) is 3.16. The van der Waals surface area contributed by atoms with Crippen LogP contribution in [0, 0.1) is 0 Å². The Hall–Kier alpha value is -1.48. The van der Waals surface area contributed by atoms with Crippen LogP contribution in [0.3, 0.4) is 0 Å². The van der Waals surface area contributed by atoms with Crippen LogP contribution in [0.2, 0.25) is 0 Å². The molecule has 134 valence electrons. The summed E-state index contributed by atoms with van der Waals surface area (Å²) in [6.45, 7) is 4.80. The SMILES string of the molecule is CC(=O)N1CCN(c2ccc(Nc3nc([NH-])c4cc[nH]c4n3)cc2)CC1.[Rb+]. The summed E-state index contributed by atoms with van der Waals surface area (Å²) in [4.78, 5) is 27.1. The van der Waals surface area contributed by atoms with Crippen molar-refractivity contribution in [3.8, 4) is 0 Å². The van der Waals surface area contributed by atoms with E-state index in [2.05, 4.69) is 25.2 Å². The number of anilines is 3. The van der Waals surface area contributed by atoms with Gasteiger partial charge in [0.1, 0.15) is 11.6 Å². The number of H-pyrrole nitrogens is 1. The standard InChI is InChI=1S/C18H20N7O.Rb/c1-12(26)24-8-10-25(11-9-24)14-4-2-13(3-5-14)21-18-22-16(19)15-6-7-20-17(15)23-18;/h2-7H,8-11H2,1H3,(H3-,19,20,21,22,23);/q-1;+1. The summed E-state index contributed by atoms with van der Waals surface area (Å²) < 4.78 is 0. The largest absolute Gasteiger partial charge is 1.00 e. The summed E-state index contributed by atoms with van der Waals surface area (Å²) >= 11 is 0. The molecule has 1 fully saturated rings. The number of rotatable bonds is 3. The molecule has 2 aromatic heterocycles. The third kappa shape index (κ3) is 4.51. The number of fused-ring (bicyclic) bond motifs is 1. The van der Waals surface area contributed by atoms with Gasteiger partial charge in [-0.1, -0.05) is 5.82 Å². The van der Waals surface area contributed by atoms with Crippen LogP contribution in [0.4, 0.5) is 23.1 Å². The second-order valence-electron chi connectivity index (χ2n) is 6.30. The zero-order valence-electron chi connectivity index (χ0n) is 15.5. The van der Waals surface area contributed by atoms with Crippen LogP contribution < -0.4 is 68.4 Å². The van der Waals surface area contributed by atoms with Gasteiger partial charge < -0.3 is 30.8 Å². The van der Waals surface area contributed by atoms with Gasteiger partial charge in [0.05, 0.1) is 0 Å². The van der Waals surface area contributed by atoms with Crippen LogP contribution in [-0.4, -0.2) is 51.9 Å². The summed E-state index contributed by atoms with van der Waals surface area (Å²) in [5.74, 6) is 0.725. The van der Waals surface area contributed by atoms with E-state index in [1.165, 1.54) is 0 Å². The predicted octanol–water partition coefficient (Wildman–Crippen LogP) is 0.0577. The number of aromatic amines is 1. The van der Waals surface area contributed by atoms with Crippen LogP contribution in [0.25, 0.3) is 16.8 Å².